The Bertz CT molecular complexity index is 572. The van der Waals surface area contributed by atoms with Crippen molar-refractivity contribution in [3.8, 4) is 5.69 Å². The lowest BCUT2D eigenvalue weighted by atomic mass is 10.1. The van der Waals surface area contributed by atoms with E-state index in [9.17, 15) is 4.39 Å². The summed E-state index contributed by atoms with van der Waals surface area (Å²) < 4.78 is 15.8. The fourth-order valence-electron chi connectivity index (χ4n) is 1.70. The summed E-state index contributed by atoms with van der Waals surface area (Å²) in [6, 6.07) is 4.64. The van der Waals surface area contributed by atoms with E-state index in [4.69, 9.17) is 0 Å². The van der Waals surface area contributed by atoms with E-state index in [0.717, 1.165) is 11.4 Å². The van der Waals surface area contributed by atoms with Gasteiger partial charge in [0.05, 0.1) is 17.7 Å². The van der Waals surface area contributed by atoms with Crippen molar-refractivity contribution in [2.75, 3.05) is 0 Å². The second kappa shape index (κ2) is 5.43. The predicted octanol–water partition coefficient (Wildman–Crippen LogP) is 3.66. The topological polar surface area (TPSA) is 29.9 Å². The van der Waals surface area contributed by atoms with Gasteiger partial charge in [0.15, 0.2) is 0 Å². The van der Waals surface area contributed by atoms with Crippen LogP contribution in [-0.2, 0) is 6.54 Å². The Kier molecular flexibility index (Phi) is 4.06. The van der Waals surface area contributed by atoms with E-state index in [1.165, 1.54) is 12.1 Å². The standard InChI is InChI=1S/C14H17BrFN3/c1-14(2,3)18-8-11-7-17-9-19(11)13-5-4-10(16)6-12(13)15/h4-7,9,18H,8H2,1-3H3. The molecule has 19 heavy (non-hydrogen) atoms. The third-order valence-electron chi connectivity index (χ3n) is 2.68. The van der Waals surface area contributed by atoms with Crippen molar-refractivity contribution in [2.45, 2.75) is 32.9 Å². The van der Waals surface area contributed by atoms with Crippen LogP contribution < -0.4 is 5.32 Å². The lowest BCUT2D eigenvalue weighted by Crippen LogP contribution is -2.35. The minimum atomic E-state index is -0.259. The molecule has 0 aliphatic rings. The Morgan fingerprint density at radius 1 is 1.37 bits per heavy atom. The summed E-state index contributed by atoms with van der Waals surface area (Å²) in [5, 5.41) is 3.42. The molecule has 0 saturated heterocycles. The van der Waals surface area contributed by atoms with Crippen molar-refractivity contribution in [3.05, 3.63) is 46.7 Å². The molecule has 0 bridgehead atoms. The quantitative estimate of drug-likeness (QED) is 0.933. The van der Waals surface area contributed by atoms with Crippen LogP contribution in [0.3, 0.4) is 0 Å². The van der Waals surface area contributed by atoms with Crippen LogP contribution in [0.5, 0.6) is 0 Å². The molecule has 2 aromatic rings. The third-order valence-corrected chi connectivity index (χ3v) is 3.32. The number of hydrogen-bond acceptors (Lipinski definition) is 2. The average molecular weight is 326 g/mol. The van der Waals surface area contributed by atoms with Crippen LogP contribution in [0.15, 0.2) is 35.2 Å². The van der Waals surface area contributed by atoms with Crippen LogP contribution in [0.2, 0.25) is 0 Å². The highest BCUT2D eigenvalue weighted by molar-refractivity contribution is 9.10. The van der Waals surface area contributed by atoms with Gasteiger partial charge in [0.25, 0.3) is 0 Å². The van der Waals surface area contributed by atoms with Gasteiger partial charge in [-0.15, -0.1) is 0 Å². The average Bonchev–Trinajstić information content (AvgIpc) is 2.73. The fraction of sp³-hybridized carbons (Fsp3) is 0.357. The summed E-state index contributed by atoms with van der Waals surface area (Å²) in [7, 11) is 0. The molecule has 0 spiro atoms. The molecule has 0 atom stereocenters. The number of benzene rings is 1. The molecule has 0 aliphatic carbocycles. The van der Waals surface area contributed by atoms with Gasteiger partial charge in [-0.2, -0.15) is 0 Å². The normalized spacial score (nSPS) is 11.8. The minimum absolute atomic E-state index is 0.0368. The molecule has 1 heterocycles. The number of rotatable bonds is 3. The van der Waals surface area contributed by atoms with Crippen LogP contribution in [0.25, 0.3) is 5.69 Å². The Morgan fingerprint density at radius 3 is 2.74 bits per heavy atom. The SMILES string of the molecule is CC(C)(C)NCc1cncn1-c1ccc(F)cc1Br. The molecule has 0 amide bonds. The number of hydrogen-bond donors (Lipinski definition) is 1. The van der Waals surface area contributed by atoms with E-state index >= 15 is 0 Å². The van der Waals surface area contributed by atoms with Crippen molar-refractivity contribution in [2.24, 2.45) is 0 Å². The number of nitrogens with zero attached hydrogens (tertiary/aromatic N) is 2. The third kappa shape index (κ3) is 3.64. The Balaban J connectivity index is 2.28. The molecule has 3 nitrogen and oxygen atoms in total. The van der Waals surface area contributed by atoms with E-state index in [-0.39, 0.29) is 11.4 Å². The predicted molar refractivity (Wildman–Crippen MR) is 77.8 cm³/mol. The first-order chi connectivity index (χ1) is 8.87. The summed E-state index contributed by atoms with van der Waals surface area (Å²) >= 11 is 3.38. The minimum Gasteiger partial charge on any atom is -0.306 e. The summed E-state index contributed by atoms with van der Waals surface area (Å²) in [5.74, 6) is -0.259. The van der Waals surface area contributed by atoms with Crippen LogP contribution in [0.1, 0.15) is 26.5 Å². The second-order valence-electron chi connectivity index (χ2n) is 5.45. The molecule has 2 rings (SSSR count). The maximum Gasteiger partial charge on any atom is 0.124 e. The van der Waals surface area contributed by atoms with Gasteiger partial charge < -0.3 is 9.88 Å². The van der Waals surface area contributed by atoms with Crippen LogP contribution in [0, 0.1) is 5.82 Å². The molecular formula is C14H17BrFN3. The molecule has 0 saturated carbocycles. The smallest absolute Gasteiger partial charge is 0.124 e. The highest BCUT2D eigenvalue weighted by Gasteiger charge is 2.12. The van der Waals surface area contributed by atoms with Crippen LogP contribution in [-0.4, -0.2) is 15.1 Å². The zero-order valence-electron chi connectivity index (χ0n) is 11.2. The first kappa shape index (κ1) is 14.2. The van der Waals surface area contributed by atoms with E-state index in [2.05, 4.69) is 47.0 Å². The maximum absolute atomic E-state index is 13.1. The molecule has 0 unspecified atom stereocenters. The Morgan fingerprint density at radius 2 is 2.11 bits per heavy atom. The van der Waals surface area contributed by atoms with Gasteiger partial charge in [0.1, 0.15) is 5.82 Å². The molecule has 102 valence electrons. The van der Waals surface area contributed by atoms with Gasteiger partial charge in [0.2, 0.25) is 0 Å². The molecule has 0 aliphatic heterocycles. The number of imidazole rings is 1. The monoisotopic (exact) mass is 325 g/mol. The number of halogens is 2. The zero-order chi connectivity index (χ0) is 14.0. The van der Waals surface area contributed by atoms with E-state index in [0.29, 0.717) is 11.0 Å². The van der Waals surface area contributed by atoms with Gasteiger partial charge in [-0.1, -0.05) is 0 Å². The van der Waals surface area contributed by atoms with E-state index < -0.39 is 0 Å². The van der Waals surface area contributed by atoms with Gasteiger partial charge in [0, 0.05) is 22.8 Å². The Hall–Kier alpha value is -1.20. The summed E-state index contributed by atoms with van der Waals surface area (Å²) in [4.78, 5) is 4.17. The van der Waals surface area contributed by atoms with Crippen molar-refractivity contribution >= 4 is 15.9 Å². The lowest BCUT2D eigenvalue weighted by Gasteiger charge is -2.21. The summed E-state index contributed by atoms with van der Waals surface area (Å²) in [5.41, 5.74) is 1.95. The molecule has 1 aromatic heterocycles. The van der Waals surface area contributed by atoms with Gasteiger partial charge in [-0.05, 0) is 54.9 Å². The highest BCUT2D eigenvalue weighted by Crippen LogP contribution is 2.23. The molecule has 0 radical (unpaired) electrons. The summed E-state index contributed by atoms with van der Waals surface area (Å²) in [6.07, 6.45) is 3.55. The lowest BCUT2D eigenvalue weighted by molar-refractivity contribution is 0.419. The zero-order valence-corrected chi connectivity index (χ0v) is 12.8. The Labute approximate surface area is 121 Å². The van der Waals surface area contributed by atoms with Crippen molar-refractivity contribution in [3.63, 3.8) is 0 Å². The molecule has 1 N–H and O–H groups in total. The van der Waals surface area contributed by atoms with E-state index in [1.807, 2.05) is 10.8 Å². The van der Waals surface area contributed by atoms with Gasteiger partial charge >= 0.3 is 0 Å². The van der Waals surface area contributed by atoms with Crippen molar-refractivity contribution in [1.82, 2.24) is 14.9 Å². The van der Waals surface area contributed by atoms with Crippen molar-refractivity contribution in [1.29, 1.82) is 0 Å². The first-order valence-electron chi connectivity index (χ1n) is 6.08. The molecular weight excluding hydrogens is 309 g/mol. The van der Waals surface area contributed by atoms with Crippen LogP contribution >= 0.6 is 15.9 Å². The summed E-state index contributed by atoms with van der Waals surface area (Å²) in [6.45, 7) is 7.04. The van der Waals surface area contributed by atoms with Crippen LogP contribution in [0.4, 0.5) is 4.39 Å². The maximum atomic E-state index is 13.1. The van der Waals surface area contributed by atoms with E-state index in [1.54, 1.807) is 12.4 Å². The van der Waals surface area contributed by atoms with Crippen molar-refractivity contribution < 1.29 is 4.39 Å². The largest absolute Gasteiger partial charge is 0.306 e. The molecule has 5 heteroatoms. The molecule has 1 aromatic carbocycles. The first-order valence-corrected chi connectivity index (χ1v) is 6.88. The highest BCUT2D eigenvalue weighted by atomic mass is 79.9. The fourth-order valence-corrected chi connectivity index (χ4v) is 2.24. The number of nitrogens with one attached hydrogen (secondary N) is 1. The molecule has 0 fully saturated rings. The number of aromatic nitrogens is 2. The van der Waals surface area contributed by atoms with Gasteiger partial charge in [-0.3, -0.25) is 0 Å². The second-order valence-corrected chi connectivity index (χ2v) is 6.31. The van der Waals surface area contributed by atoms with Gasteiger partial charge in [-0.25, -0.2) is 9.37 Å².